The molecule has 0 heterocycles. The van der Waals surface area contributed by atoms with Crippen molar-refractivity contribution in [3.05, 3.63) is 0 Å². The van der Waals surface area contributed by atoms with Crippen LogP contribution in [0, 0.1) is 0 Å². The lowest BCUT2D eigenvalue weighted by atomic mass is 10.2. The number of hydrogen-bond acceptors (Lipinski definition) is 12. The minimum absolute atomic E-state index is 1.13. The van der Waals surface area contributed by atoms with E-state index in [0.717, 1.165) is 0 Å². The van der Waals surface area contributed by atoms with Gasteiger partial charge in [0.05, 0.1) is 6.61 Å². The fourth-order valence-corrected chi connectivity index (χ4v) is 5.43. The van der Waals surface area contributed by atoms with Crippen molar-refractivity contribution < 1.29 is 80.6 Å². The van der Waals surface area contributed by atoms with Gasteiger partial charge in [0.2, 0.25) is 0 Å². The summed E-state index contributed by atoms with van der Waals surface area (Å²) in [5.41, 5.74) is 0. The highest BCUT2D eigenvalue weighted by Crippen LogP contribution is 2.70. The molecule has 0 aliphatic heterocycles. The highest BCUT2D eigenvalue weighted by Gasteiger charge is 2.46. The van der Waals surface area contributed by atoms with Crippen LogP contribution < -0.4 is 0 Å². The van der Waals surface area contributed by atoms with E-state index in [9.17, 15) is 18.3 Å². The van der Waals surface area contributed by atoms with E-state index in [1.165, 1.54) is 0 Å². The Kier molecular flexibility index (Phi) is 9.21. The molecule has 0 bridgehead atoms. The Morgan fingerprint density at radius 1 is 0.720 bits per heavy atom. The van der Waals surface area contributed by atoms with E-state index in [1.54, 1.807) is 0 Å². The zero-order valence-corrected chi connectivity index (χ0v) is 15.1. The van der Waals surface area contributed by atoms with Gasteiger partial charge in [0.1, 0.15) is 12.2 Å². The van der Waals surface area contributed by atoms with E-state index in [2.05, 4.69) is 17.5 Å². The van der Waals surface area contributed by atoms with Crippen molar-refractivity contribution in [2.75, 3.05) is 6.61 Å². The van der Waals surface area contributed by atoms with E-state index >= 15 is 0 Å². The molecule has 0 spiro atoms. The second kappa shape index (κ2) is 9.06. The highest BCUT2D eigenvalue weighted by atomic mass is 31.3. The van der Waals surface area contributed by atoms with Crippen molar-refractivity contribution in [2.45, 2.75) is 18.5 Å². The summed E-state index contributed by atoms with van der Waals surface area (Å²) in [4.78, 5) is 43.4. The van der Waals surface area contributed by atoms with Gasteiger partial charge in [-0.2, -0.15) is 12.9 Å². The van der Waals surface area contributed by atoms with Crippen molar-refractivity contribution in [2.24, 2.45) is 0 Å². The Bertz CT molecular complexity index is 622. The molecule has 152 valence electrons. The number of hydrogen-bond donors (Lipinski definition) is 9. The molecule has 21 heteroatoms. The Morgan fingerprint density at radius 3 is 1.52 bits per heavy atom. The van der Waals surface area contributed by atoms with Crippen molar-refractivity contribution in [3.63, 3.8) is 0 Å². The largest absolute Gasteiger partial charge is 0.490 e. The number of aliphatic hydroxyl groups is 4. The zero-order valence-electron chi connectivity index (χ0n) is 11.5. The summed E-state index contributed by atoms with van der Waals surface area (Å²) in [6.45, 7) is -1.13. The molecule has 17 nitrogen and oxygen atoms in total. The summed E-state index contributed by atoms with van der Waals surface area (Å²) in [7, 11) is -23.6. The lowest BCUT2D eigenvalue weighted by Gasteiger charge is -2.24. The summed E-state index contributed by atoms with van der Waals surface area (Å²) in [6.07, 6.45) is -7.22. The molecule has 0 aromatic carbocycles. The SMILES string of the molecule is O=P(O)(O)OP(=O)(O)OP(=O)(O)OP(=O)(O)OC(O)[C@@H](O)[C@H](O)CO. The van der Waals surface area contributed by atoms with Crippen LogP contribution in [0.1, 0.15) is 0 Å². The lowest BCUT2D eigenvalue weighted by molar-refractivity contribution is -0.157. The average Bonchev–Trinajstić information content (AvgIpc) is 2.29. The van der Waals surface area contributed by atoms with Crippen LogP contribution >= 0.6 is 31.3 Å². The lowest BCUT2D eigenvalue weighted by Crippen LogP contribution is -2.40. The Hall–Kier alpha value is 0.400. The zero-order chi connectivity index (χ0) is 20.3. The summed E-state index contributed by atoms with van der Waals surface area (Å²) in [6, 6.07) is 0. The van der Waals surface area contributed by atoms with Crippen molar-refractivity contribution >= 4 is 31.3 Å². The van der Waals surface area contributed by atoms with Gasteiger partial charge in [0, 0.05) is 0 Å². The molecule has 0 amide bonds. The van der Waals surface area contributed by atoms with Crippen LogP contribution in [0.25, 0.3) is 0 Å². The summed E-state index contributed by atoms with van der Waals surface area (Å²) in [5, 5.41) is 35.7. The molecule has 0 aromatic rings. The van der Waals surface area contributed by atoms with Gasteiger partial charge < -0.3 is 44.9 Å². The smallest absolute Gasteiger partial charge is 0.394 e. The minimum Gasteiger partial charge on any atom is -0.394 e. The highest BCUT2D eigenvalue weighted by molar-refractivity contribution is 7.69. The summed E-state index contributed by atoms with van der Waals surface area (Å²) in [5.74, 6) is 0. The van der Waals surface area contributed by atoms with Crippen molar-refractivity contribution in [1.29, 1.82) is 0 Å². The number of phosphoric acid groups is 4. The van der Waals surface area contributed by atoms with Gasteiger partial charge >= 0.3 is 31.3 Å². The van der Waals surface area contributed by atoms with E-state index in [1.807, 2.05) is 0 Å². The van der Waals surface area contributed by atoms with Gasteiger partial charge in [-0.15, -0.1) is 0 Å². The third-order valence-corrected chi connectivity index (χ3v) is 7.20. The molecule has 9 N–H and O–H groups in total. The molecule has 0 aliphatic rings. The van der Waals surface area contributed by atoms with Gasteiger partial charge in [-0.25, -0.2) is 18.3 Å². The molecular formula is C4H14O17P4. The van der Waals surface area contributed by atoms with E-state index in [-0.39, 0.29) is 0 Å². The summed E-state index contributed by atoms with van der Waals surface area (Å²) < 4.78 is 57.5. The minimum atomic E-state index is -6.06. The molecule has 6 atom stereocenters. The first-order chi connectivity index (χ1) is 10.9. The predicted molar refractivity (Wildman–Crippen MR) is 71.0 cm³/mol. The third kappa shape index (κ3) is 11.0. The number of rotatable bonds is 11. The first-order valence-electron chi connectivity index (χ1n) is 5.41. The maximum absolute atomic E-state index is 11.3. The number of aliphatic hydroxyl groups excluding tert-OH is 4. The molecule has 25 heavy (non-hydrogen) atoms. The quantitative estimate of drug-likeness (QED) is 0.114. The second-order valence-corrected chi connectivity index (χ2v) is 9.84. The van der Waals surface area contributed by atoms with Crippen LogP contribution in [-0.4, -0.2) is 70.0 Å². The molecule has 0 aliphatic carbocycles. The van der Waals surface area contributed by atoms with E-state index in [0.29, 0.717) is 0 Å². The van der Waals surface area contributed by atoms with Crippen molar-refractivity contribution in [3.8, 4) is 0 Å². The van der Waals surface area contributed by atoms with Crippen LogP contribution in [0.4, 0.5) is 0 Å². The molecule has 0 aromatic heterocycles. The van der Waals surface area contributed by atoms with Gasteiger partial charge in [-0.05, 0) is 0 Å². The fraction of sp³-hybridized carbons (Fsp3) is 1.00. The Balaban J connectivity index is 5.03. The van der Waals surface area contributed by atoms with Crippen LogP contribution in [-0.2, 0) is 35.7 Å². The fourth-order valence-electron chi connectivity index (χ4n) is 0.941. The Morgan fingerprint density at radius 2 is 1.12 bits per heavy atom. The topological polar surface area (TPSA) is 287 Å². The van der Waals surface area contributed by atoms with Crippen molar-refractivity contribution in [1.82, 2.24) is 0 Å². The molecular weight excluding hydrogens is 444 g/mol. The summed E-state index contributed by atoms with van der Waals surface area (Å²) >= 11 is 0. The normalized spacial score (nSPS) is 23.7. The third-order valence-electron chi connectivity index (χ3n) is 1.74. The number of phosphoric ester groups is 1. The second-order valence-electron chi connectivity index (χ2n) is 3.88. The predicted octanol–water partition coefficient (Wildman–Crippen LogP) is -2.52. The van der Waals surface area contributed by atoms with Gasteiger partial charge in [0.15, 0.2) is 6.29 Å². The van der Waals surface area contributed by atoms with Gasteiger partial charge in [0.25, 0.3) is 0 Å². The molecule has 0 saturated heterocycles. The first-order valence-corrected chi connectivity index (χ1v) is 11.4. The van der Waals surface area contributed by atoms with Gasteiger partial charge in [-0.1, -0.05) is 0 Å². The maximum Gasteiger partial charge on any atom is 0.490 e. The monoisotopic (exact) mass is 458 g/mol. The maximum atomic E-state index is 11.3. The van der Waals surface area contributed by atoms with Crippen LogP contribution in [0.5, 0.6) is 0 Å². The molecule has 4 unspecified atom stereocenters. The first kappa shape index (κ1) is 25.4. The van der Waals surface area contributed by atoms with E-state index in [4.69, 9.17) is 44.9 Å². The standard InChI is InChI=1S/C4H14O17P4/c5-1-2(6)3(7)4(8)18-23(12,13)20-25(16,17)21-24(14,15)19-22(9,10)11/h2-8H,1H2,(H,12,13)(H,14,15)(H,16,17)(H2,9,10,11)/t2-,3+,4?/m1/s1. The molecule has 0 radical (unpaired) electrons. The average molecular weight is 458 g/mol. The Labute approximate surface area is 138 Å². The molecule has 0 fully saturated rings. The van der Waals surface area contributed by atoms with Gasteiger partial charge in [-0.3, -0.25) is 4.52 Å². The van der Waals surface area contributed by atoms with Crippen LogP contribution in [0.3, 0.4) is 0 Å². The van der Waals surface area contributed by atoms with E-state index < -0.39 is 56.4 Å². The molecule has 0 saturated carbocycles. The molecule has 0 rings (SSSR count). The van der Waals surface area contributed by atoms with Crippen LogP contribution in [0.2, 0.25) is 0 Å². The van der Waals surface area contributed by atoms with Crippen LogP contribution in [0.15, 0.2) is 0 Å².